The highest BCUT2D eigenvalue weighted by Gasteiger charge is 2.20. The molecule has 2 aromatic heterocycles. The summed E-state index contributed by atoms with van der Waals surface area (Å²) in [7, 11) is 0. The Balaban J connectivity index is 1.43. The highest BCUT2D eigenvalue weighted by atomic mass is 16.5. The standard InChI is InChI=1S/C22H23N5O3/c1-15-19(14-24-30-15)22(29)26-17-9-7-16(8-10-17)25-21(28)18-6-5-11-23-20(18)27-12-3-2-4-13-27/h5-11,14H,2-4,12-13H2,1H3,(H,25,28)(H,26,29). The van der Waals surface area contributed by atoms with Crippen molar-refractivity contribution in [3.63, 3.8) is 0 Å². The SMILES string of the molecule is Cc1oncc1C(=O)Nc1ccc(NC(=O)c2cccnc2N2CCCCC2)cc1. The largest absolute Gasteiger partial charge is 0.361 e. The van der Waals surface area contributed by atoms with Crippen LogP contribution >= 0.6 is 0 Å². The van der Waals surface area contributed by atoms with E-state index in [1.54, 1.807) is 49.5 Å². The van der Waals surface area contributed by atoms with Gasteiger partial charge in [0.25, 0.3) is 11.8 Å². The molecule has 8 heteroatoms. The Morgan fingerprint density at radius 1 is 0.933 bits per heavy atom. The molecule has 1 aliphatic rings. The van der Waals surface area contributed by atoms with E-state index in [0.717, 1.165) is 31.7 Å². The van der Waals surface area contributed by atoms with Crippen LogP contribution in [0.2, 0.25) is 0 Å². The fourth-order valence-corrected chi connectivity index (χ4v) is 3.48. The van der Waals surface area contributed by atoms with Crippen molar-refractivity contribution in [3.05, 3.63) is 65.7 Å². The first-order chi connectivity index (χ1) is 14.6. The lowest BCUT2D eigenvalue weighted by atomic mass is 10.1. The van der Waals surface area contributed by atoms with Crippen LogP contribution in [0.25, 0.3) is 0 Å². The number of carbonyl (C=O) groups is 2. The molecule has 8 nitrogen and oxygen atoms in total. The van der Waals surface area contributed by atoms with Crippen molar-refractivity contribution in [2.24, 2.45) is 0 Å². The zero-order valence-electron chi connectivity index (χ0n) is 16.7. The van der Waals surface area contributed by atoms with Crippen molar-refractivity contribution >= 4 is 29.0 Å². The third-order valence-corrected chi connectivity index (χ3v) is 5.08. The predicted octanol–water partition coefficient (Wildman–Crippen LogP) is 3.87. The number of amides is 2. The number of hydrogen-bond acceptors (Lipinski definition) is 6. The topological polar surface area (TPSA) is 100 Å². The van der Waals surface area contributed by atoms with E-state index < -0.39 is 0 Å². The molecule has 0 unspecified atom stereocenters. The van der Waals surface area contributed by atoms with E-state index in [4.69, 9.17) is 4.52 Å². The molecule has 3 heterocycles. The molecule has 0 bridgehead atoms. The van der Waals surface area contributed by atoms with E-state index in [2.05, 4.69) is 25.7 Å². The van der Waals surface area contributed by atoms with E-state index in [0.29, 0.717) is 28.3 Å². The Labute approximate surface area is 174 Å². The van der Waals surface area contributed by atoms with Crippen molar-refractivity contribution in [3.8, 4) is 0 Å². The number of rotatable bonds is 5. The van der Waals surface area contributed by atoms with Crippen LogP contribution in [0, 0.1) is 6.92 Å². The van der Waals surface area contributed by atoms with Gasteiger partial charge in [0.15, 0.2) is 0 Å². The summed E-state index contributed by atoms with van der Waals surface area (Å²) in [5, 5.41) is 9.30. The maximum absolute atomic E-state index is 12.9. The van der Waals surface area contributed by atoms with Gasteiger partial charge < -0.3 is 20.1 Å². The van der Waals surface area contributed by atoms with E-state index >= 15 is 0 Å². The molecule has 1 fully saturated rings. The zero-order valence-corrected chi connectivity index (χ0v) is 16.7. The molecule has 3 aromatic rings. The number of piperidine rings is 1. The van der Waals surface area contributed by atoms with Crippen LogP contribution in [0.15, 0.2) is 53.3 Å². The molecule has 0 radical (unpaired) electrons. The summed E-state index contributed by atoms with van der Waals surface area (Å²) in [6, 6.07) is 10.5. The molecule has 1 saturated heterocycles. The van der Waals surface area contributed by atoms with Crippen molar-refractivity contribution in [2.45, 2.75) is 26.2 Å². The maximum Gasteiger partial charge on any atom is 0.260 e. The molecule has 0 aliphatic carbocycles. The van der Waals surface area contributed by atoms with Crippen LogP contribution in [-0.2, 0) is 0 Å². The van der Waals surface area contributed by atoms with Gasteiger partial charge in [-0.3, -0.25) is 9.59 Å². The average Bonchev–Trinajstić information content (AvgIpc) is 3.22. The minimum atomic E-state index is -0.299. The first kappa shape index (κ1) is 19.6. The van der Waals surface area contributed by atoms with Crippen LogP contribution in [-0.4, -0.2) is 35.0 Å². The molecule has 4 rings (SSSR count). The quantitative estimate of drug-likeness (QED) is 0.668. The maximum atomic E-state index is 12.9. The van der Waals surface area contributed by atoms with E-state index in [9.17, 15) is 9.59 Å². The van der Waals surface area contributed by atoms with Crippen LogP contribution in [0.1, 0.15) is 45.7 Å². The van der Waals surface area contributed by atoms with Crippen molar-refractivity contribution in [1.29, 1.82) is 0 Å². The predicted molar refractivity (Wildman–Crippen MR) is 114 cm³/mol. The van der Waals surface area contributed by atoms with Gasteiger partial charge in [-0.05, 0) is 62.6 Å². The number of benzene rings is 1. The molecule has 30 heavy (non-hydrogen) atoms. The molecule has 1 aliphatic heterocycles. The van der Waals surface area contributed by atoms with Gasteiger partial charge in [-0.25, -0.2) is 4.98 Å². The van der Waals surface area contributed by atoms with Crippen LogP contribution < -0.4 is 15.5 Å². The zero-order chi connectivity index (χ0) is 20.9. The van der Waals surface area contributed by atoms with Gasteiger partial charge in [-0.15, -0.1) is 0 Å². The summed E-state index contributed by atoms with van der Waals surface area (Å²) >= 11 is 0. The first-order valence-corrected chi connectivity index (χ1v) is 9.96. The monoisotopic (exact) mass is 405 g/mol. The molecule has 154 valence electrons. The number of hydrogen-bond donors (Lipinski definition) is 2. The third kappa shape index (κ3) is 4.32. The average molecular weight is 405 g/mol. The number of aromatic nitrogens is 2. The van der Waals surface area contributed by atoms with Gasteiger partial charge >= 0.3 is 0 Å². The molecular weight excluding hydrogens is 382 g/mol. The minimum absolute atomic E-state index is 0.208. The number of nitrogens with one attached hydrogen (secondary N) is 2. The molecule has 1 aromatic carbocycles. The lowest BCUT2D eigenvalue weighted by molar-refractivity contribution is 0.101. The normalized spacial score (nSPS) is 13.7. The van der Waals surface area contributed by atoms with E-state index in [-0.39, 0.29) is 11.8 Å². The molecule has 0 atom stereocenters. The molecule has 2 amide bonds. The number of anilines is 3. The van der Waals surface area contributed by atoms with Gasteiger partial charge in [-0.1, -0.05) is 5.16 Å². The fourth-order valence-electron chi connectivity index (χ4n) is 3.48. The third-order valence-electron chi connectivity index (χ3n) is 5.08. The van der Waals surface area contributed by atoms with E-state index in [1.807, 2.05) is 0 Å². The number of carbonyl (C=O) groups excluding carboxylic acids is 2. The van der Waals surface area contributed by atoms with Gasteiger partial charge in [0.2, 0.25) is 0 Å². The molecular formula is C22H23N5O3. The summed E-state index contributed by atoms with van der Waals surface area (Å²) in [6.07, 6.45) is 6.53. The van der Waals surface area contributed by atoms with Crippen LogP contribution in [0.4, 0.5) is 17.2 Å². The smallest absolute Gasteiger partial charge is 0.260 e. The summed E-state index contributed by atoms with van der Waals surface area (Å²) in [6.45, 7) is 3.51. The Hall–Kier alpha value is -3.68. The van der Waals surface area contributed by atoms with Crippen LogP contribution in [0.5, 0.6) is 0 Å². The van der Waals surface area contributed by atoms with Gasteiger partial charge in [0.05, 0.1) is 11.8 Å². The van der Waals surface area contributed by atoms with Crippen molar-refractivity contribution in [2.75, 3.05) is 28.6 Å². The van der Waals surface area contributed by atoms with Crippen molar-refractivity contribution < 1.29 is 14.1 Å². The van der Waals surface area contributed by atoms with Crippen molar-refractivity contribution in [1.82, 2.24) is 10.1 Å². The summed E-state index contributed by atoms with van der Waals surface area (Å²) in [5.41, 5.74) is 2.18. The lowest BCUT2D eigenvalue weighted by Gasteiger charge is -2.29. The minimum Gasteiger partial charge on any atom is -0.361 e. The van der Waals surface area contributed by atoms with Crippen LogP contribution in [0.3, 0.4) is 0 Å². The molecule has 0 saturated carbocycles. The second-order valence-corrected chi connectivity index (χ2v) is 7.20. The second kappa shape index (κ2) is 8.77. The molecule has 0 spiro atoms. The van der Waals surface area contributed by atoms with E-state index in [1.165, 1.54) is 12.6 Å². The summed E-state index contributed by atoms with van der Waals surface area (Å²) in [5.74, 6) is 0.674. The fraction of sp³-hybridized carbons (Fsp3) is 0.273. The Morgan fingerprint density at radius 2 is 1.57 bits per heavy atom. The highest BCUT2D eigenvalue weighted by molar-refractivity contribution is 6.08. The number of pyridine rings is 1. The number of aryl methyl sites for hydroxylation is 1. The Morgan fingerprint density at radius 3 is 2.17 bits per heavy atom. The Bertz CT molecular complexity index is 1040. The second-order valence-electron chi connectivity index (χ2n) is 7.20. The van der Waals surface area contributed by atoms with Gasteiger partial charge in [-0.2, -0.15) is 0 Å². The lowest BCUT2D eigenvalue weighted by Crippen LogP contribution is -2.32. The number of nitrogens with zero attached hydrogens (tertiary/aromatic N) is 3. The van der Waals surface area contributed by atoms with Gasteiger partial charge in [0.1, 0.15) is 17.1 Å². The molecule has 2 N–H and O–H groups in total. The summed E-state index contributed by atoms with van der Waals surface area (Å²) in [4.78, 5) is 31.7. The first-order valence-electron chi connectivity index (χ1n) is 9.96. The Kier molecular flexibility index (Phi) is 5.74. The van der Waals surface area contributed by atoms with Gasteiger partial charge in [0, 0.05) is 30.7 Å². The highest BCUT2D eigenvalue weighted by Crippen LogP contribution is 2.23. The summed E-state index contributed by atoms with van der Waals surface area (Å²) < 4.78 is 4.91.